The zero-order valence-corrected chi connectivity index (χ0v) is 9.04. The maximum Gasteiger partial charge on any atom is 0.102 e. The Morgan fingerprint density at radius 1 is 1.15 bits per heavy atom. The van der Waals surface area contributed by atoms with Gasteiger partial charge in [0.15, 0.2) is 0 Å². The van der Waals surface area contributed by atoms with E-state index >= 15 is 0 Å². The Kier molecular flexibility index (Phi) is 1.82. The van der Waals surface area contributed by atoms with Crippen LogP contribution in [0.15, 0.2) is 36.4 Å². The monoisotopic (exact) mass is 188 g/mol. The molecule has 0 heterocycles. The van der Waals surface area contributed by atoms with E-state index in [0.29, 0.717) is 0 Å². The van der Waals surface area contributed by atoms with Gasteiger partial charge in [0.05, 0.1) is 0 Å². The molecule has 1 nitrogen and oxygen atoms in total. The van der Waals surface area contributed by atoms with E-state index in [0.717, 1.165) is 0 Å². The number of hydrogen-bond acceptors (Lipinski definition) is 1. The molecule has 0 aliphatic rings. The first-order chi connectivity index (χ1) is 6.09. The van der Waals surface area contributed by atoms with Gasteiger partial charge >= 0.3 is 0 Å². The van der Waals surface area contributed by atoms with Gasteiger partial charge in [-0.25, -0.2) is 0 Å². The lowest BCUT2D eigenvalue weighted by atomic mass is 10.2. The van der Waals surface area contributed by atoms with E-state index in [4.69, 9.17) is 5.40 Å². The molecule has 0 fully saturated rings. The van der Waals surface area contributed by atoms with E-state index in [1.54, 1.807) is 0 Å². The summed E-state index contributed by atoms with van der Waals surface area (Å²) in [4.78, 5) is 0. The highest BCUT2D eigenvalue weighted by molar-refractivity contribution is 6.89. The Morgan fingerprint density at radius 3 is 2.62 bits per heavy atom. The van der Waals surface area contributed by atoms with E-state index in [9.17, 15) is 0 Å². The van der Waals surface area contributed by atoms with Gasteiger partial charge in [0, 0.05) is 0 Å². The maximum atomic E-state index is 6.21. The molecule has 0 amide bonds. The van der Waals surface area contributed by atoms with Crippen LogP contribution >= 0.6 is 0 Å². The van der Waals surface area contributed by atoms with Crippen LogP contribution in [0.4, 0.5) is 0 Å². The zero-order valence-electron chi connectivity index (χ0n) is 8.04. The molecule has 68 valence electrons. The van der Waals surface area contributed by atoms with E-state index in [-0.39, 0.29) is 0 Å². The minimum atomic E-state index is -1.65. The SMILES string of the molecule is C[Si](C)(N)c1cc[c-]2ccccc12. The molecule has 0 aliphatic heterocycles. The third-order valence-corrected chi connectivity index (χ3v) is 4.20. The second-order valence-corrected chi connectivity index (χ2v) is 8.04. The van der Waals surface area contributed by atoms with Gasteiger partial charge in [-0.3, -0.25) is 0 Å². The molecule has 0 spiro atoms. The van der Waals surface area contributed by atoms with Crippen molar-refractivity contribution in [3.63, 3.8) is 0 Å². The van der Waals surface area contributed by atoms with Gasteiger partial charge in [0.25, 0.3) is 0 Å². The van der Waals surface area contributed by atoms with E-state index in [2.05, 4.69) is 49.5 Å². The number of fused-ring (bicyclic) bond motifs is 1. The first-order valence-electron chi connectivity index (χ1n) is 4.53. The highest BCUT2D eigenvalue weighted by Crippen LogP contribution is 2.14. The molecule has 0 aliphatic carbocycles. The van der Waals surface area contributed by atoms with Gasteiger partial charge in [-0.05, 0) is 0 Å². The van der Waals surface area contributed by atoms with Crippen LogP contribution < -0.4 is 10.6 Å². The van der Waals surface area contributed by atoms with Gasteiger partial charge in [0.1, 0.15) is 8.24 Å². The summed E-state index contributed by atoms with van der Waals surface area (Å²) in [5, 5.41) is 10.2. The van der Waals surface area contributed by atoms with Gasteiger partial charge in [0.2, 0.25) is 0 Å². The molecular weight excluding hydrogens is 174 g/mol. The fourth-order valence-electron chi connectivity index (χ4n) is 1.71. The van der Waals surface area contributed by atoms with Crippen molar-refractivity contribution in [1.29, 1.82) is 0 Å². The summed E-state index contributed by atoms with van der Waals surface area (Å²) in [5.41, 5.74) is 0. The lowest BCUT2D eigenvalue weighted by molar-refractivity contribution is 1.64. The summed E-state index contributed by atoms with van der Waals surface area (Å²) in [6.07, 6.45) is 0. The summed E-state index contributed by atoms with van der Waals surface area (Å²) in [7, 11) is -1.65. The van der Waals surface area contributed by atoms with Crippen molar-refractivity contribution >= 4 is 24.2 Å². The summed E-state index contributed by atoms with van der Waals surface area (Å²) in [6.45, 7) is 4.35. The highest BCUT2D eigenvalue weighted by atomic mass is 28.3. The Bertz CT molecular complexity index is 423. The molecule has 2 rings (SSSR count). The van der Waals surface area contributed by atoms with Crippen molar-refractivity contribution in [1.82, 2.24) is 0 Å². The topological polar surface area (TPSA) is 26.0 Å². The fourth-order valence-corrected chi connectivity index (χ4v) is 3.15. The average molecular weight is 188 g/mol. The predicted molar refractivity (Wildman–Crippen MR) is 60.8 cm³/mol. The van der Waals surface area contributed by atoms with Crippen LogP contribution in [0.3, 0.4) is 0 Å². The number of hydrogen-bond donors (Lipinski definition) is 1. The normalized spacial score (nSPS) is 12.2. The van der Waals surface area contributed by atoms with Crippen LogP contribution in [0.2, 0.25) is 13.1 Å². The van der Waals surface area contributed by atoms with Crippen LogP contribution in [0.1, 0.15) is 0 Å². The molecule has 0 atom stereocenters. The highest BCUT2D eigenvalue weighted by Gasteiger charge is 2.14. The van der Waals surface area contributed by atoms with Gasteiger partial charge < -0.3 is 5.40 Å². The maximum absolute atomic E-state index is 6.21. The standard InChI is InChI=1S/C11H14NSi/c1-13(2,12)11-8-7-9-5-3-4-6-10(9)11/h3-8H,12H2,1-2H3/q-1. The molecule has 0 aromatic heterocycles. The van der Waals surface area contributed by atoms with Gasteiger partial charge in [-0.15, -0.1) is 47.0 Å². The summed E-state index contributed by atoms with van der Waals surface area (Å²) < 4.78 is 0. The van der Waals surface area contributed by atoms with Crippen LogP contribution in [0.25, 0.3) is 10.8 Å². The largest absolute Gasteiger partial charge is 0.354 e. The molecule has 0 saturated carbocycles. The second-order valence-electron chi connectivity index (χ2n) is 4.06. The molecule has 2 aromatic carbocycles. The molecule has 0 bridgehead atoms. The lowest BCUT2D eigenvalue weighted by Crippen LogP contribution is -2.50. The number of rotatable bonds is 1. The quantitative estimate of drug-likeness (QED) is 0.537. The molecule has 0 radical (unpaired) electrons. The van der Waals surface area contributed by atoms with E-state index < -0.39 is 8.24 Å². The summed E-state index contributed by atoms with van der Waals surface area (Å²) >= 11 is 0. The third-order valence-electron chi connectivity index (χ3n) is 2.37. The van der Waals surface area contributed by atoms with Crippen molar-refractivity contribution in [2.75, 3.05) is 0 Å². The second kappa shape index (κ2) is 2.75. The minimum Gasteiger partial charge on any atom is -0.354 e. The third kappa shape index (κ3) is 1.43. The van der Waals surface area contributed by atoms with Crippen LogP contribution in [0.5, 0.6) is 0 Å². The Morgan fingerprint density at radius 2 is 1.92 bits per heavy atom. The van der Waals surface area contributed by atoms with Crippen molar-refractivity contribution in [3.8, 4) is 0 Å². The molecular formula is C11H14NSi-. The van der Waals surface area contributed by atoms with Crippen molar-refractivity contribution < 1.29 is 0 Å². The van der Waals surface area contributed by atoms with Crippen LogP contribution in [-0.2, 0) is 0 Å². The van der Waals surface area contributed by atoms with Crippen molar-refractivity contribution in [3.05, 3.63) is 36.4 Å². The van der Waals surface area contributed by atoms with Gasteiger partial charge in [-0.2, -0.15) is 0 Å². The number of benzene rings is 1. The first-order valence-corrected chi connectivity index (χ1v) is 7.60. The van der Waals surface area contributed by atoms with Crippen LogP contribution in [0, 0.1) is 0 Å². The molecule has 0 saturated heterocycles. The van der Waals surface area contributed by atoms with Gasteiger partial charge in [-0.1, -0.05) is 18.5 Å². The van der Waals surface area contributed by atoms with Crippen molar-refractivity contribution in [2.45, 2.75) is 13.1 Å². The molecule has 2 aromatic rings. The summed E-state index contributed by atoms with van der Waals surface area (Å²) in [5.74, 6) is 0. The smallest absolute Gasteiger partial charge is 0.102 e. The minimum absolute atomic E-state index is 1.31. The number of nitrogens with two attached hydrogens (primary N) is 1. The van der Waals surface area contributed by atoms with Crippen LogP contribution in [-0.4, -0.2) is 8.24 Å². The van der Waals surface area contributed by atoms with E-state index in [1.807, 2.05) is 0 Å². The molecule has 2 N–H and O–H groups in total. The molecule has 0 unspecified atom stereocenters. The molecule has 2 heteroatoms. The fraction of sp³-hybridized carbons (Fsp3) is 0.182. The molecule has 13 heavy (non-hydrogen) atoms. The Hall–Kier alpha value is -0.993. The zero-order chi connectivity index (χ0) is 9.47. The van der Waals surface area contributed by atoms with Crippen molar-refractivity contribution in [2.24, 2.45) is 5.40 Å². The summed E-state index contributed by atoms with van der Waals surface area (Å²) in [6, 6.07) is 12.8. The Balaban J connectivity index is 2.72. The average Bonchev–Trinajstić information content (AvgIpc) is 2.45. The Labute approximate surface area is 79.6 Å². The van der Waals surface area contributed by atoms with E-state index in [1.165, 1.54) is 16.0 Å². The lowest BCUT2D eigenvalue weighted by Gasteiger charge is -2.20. The predicted octanol–water partition coefficient (Wildman–Crippen LogP) is 1.93. The first kappa shape index (κ1) is 8.60.